The Labute approximate surface area is 94.4 Å². The third kappa shape index (κ3) is 2.30. The lowest BCUT2D eigenvalue weighted by Crippen LogP contribution is -2.28. The van der Waals surface area contributed by atoms with Gasteiger partial charge in [0.05, 0.1) is 0 Å². The summed E-state index contributed by atoms with van der Waals surface area (Å²) in [6.45, 7) is 3.76. The van der Waals surface area contributed by atoms with Crippen LogP contribution in [0.25, 0.3) is 0 Å². The molecule has 0 fully saturated rings. The zero-order valence-corrected chi connectivity index (χ0v) is 9.24. The number of hydrogen-bond donors (Lipinski definition) is 0. The van der Waals surface area contributed by atoms with Gasteiger partial charge in [-0.1, -0.05) is 11.6 Å². The molecule has 16 heavy (non-hydrogen) atoms. The van der Waals surface area contributed by atoms with Gasteiger partial charge in [-0.3, -0.25) is 4.79 Å². The molecule has 0 bridgehead atoms. The van der Waals surface area contributed by atoms with Gasteiger partial charge in [-0.2, -0.15) is 0 Å². The number of halogens is 1. The summed E-state index contributed by atoms with van der Waals surface area (Å²) in [4.78, 5) is 12.7. The van der Waals surface area contributed by atoms with Crippen molar-refractivity contribution in [2.24, 2.45) is 0 Å². The van der Waals surface area contributed by atoms with Gasteiger partial charge in [0.15, 0.2) is 0 Å². The van der Waals surface area contributed by atoms with Crippen LogP contribution in [0.1, 0.15) is 23.7 Å². The molecule has 0 aliphatic carbocycles. The van der Waals surface area contributed by atoms with Gasteiger partial charge in [0.1, 0.15) is 12.1 Å². The van der Waals surface area contributed by atoms with Gasteiger partial charge in [-0.25, -0.2) is 4.39 Å². The average molecular weight is 219 g/mol. The fourth-order valence-corrected chi connectivity index (χ4v) is 1.85. The molecule has 1 aromatic carbocycles. The highest BCUT2D eigenvalue weighted by Gasteiger charge is 2.11. The molecule has 1 aliphatic rings. The van der Waals surface area contributed by atoms with Crippen molar-refractivity contribution in [3.8, 4) is 0 Å². The van der Waals surface area contributed by atoms with E-state index in [0.717, 1.165) is 25.2 Å². The van der Waals surface area contributed by atoms with Crippen LogP contribution in [0.5, 0.6) is 0 Å². The maximum absolute atomic E-state index is 13.2. The van der Waals surface area contributed by atoms with Crippen molar-refractivity contribution in [1.82, 2.24) is 0 Å². The molecule has 0 spiro atoms. The Kier molecular flexibility index (Phi) is 3.04. The van der Waals surface area contributed by atoms with Gasteiger partial charge >= 0.3 is 0 Å². The van der Waals surface area contributed by atoms with Crippen molar-refractivity contribution >= 4 is 12.0 Å². The van der Waals surface area contributed by atoms with E-state index in [0.29, 0.717) is 11.8 Å². The molecule has 2 rings (SSSR count). The largest absolute Gasteiger partial charge is 0.367 e. The maximum Gasteiger partial charge on any atom is 0.150 e. The highest BCUT2D eigenvalue weighted by atomic mass is 19.1. The minimum atomic E-state index is -0.356. The first-order chi connectivity index (χ1) is 7.69. The van der Waals surface area contributed by atoms with Crippen LogP contribution in [0.4, 0.5) is 10.1 Å². The molecule has 0 N–H and O–H groups in total. The van der Waals surface area contributed by atoms with Crippen LogP contribution in [0.2, 0.25) is 0 Å². The molecule has 1 aromatic rings. The monoisotopic (exact) mass is 219 g/mol. The number of aldehydes is 1. The number of nitrogens with zero attached hydrogens (tertiary/aromatic N) is 1. The van der Waals surface area contributed by atoms with Crippen LogP contribution in [-0.4, -0.2) is 19.4 Å². The molecule has 0 aromatic heterocycles. The first-order valence-electron chi connectivity index (χ1n) is 5.35. The second kappa shape index (κ2) is 4.47. The summed E-state index contributed by atoms with van der Waals surface area (Å²) in [5.74, 6) is -0.356. The Hall–Kier alpha value is -1.64. The van der Waals surface area contributed by atoms with E-state index in [1.54, 1.807) is 6.07 Å². The summed E-state index contributed by atoms with van der Waals surface area (Å²) in [6, 6.07) is 4.45. The van der Waals surface area contributed by atoms with Gasteiger partial charge in [0.25, 0.3) is 0 Å². The highest BCUT2D eigenvalue weighted by molar-refractivity contribution is 5.77. The fourth-order valence-electron chi connectivity index (χ4n) is 1.85. The minimum absolute atomic E-state index is 0.356. The van der Waals surface area contributed by atoms with E-state index in [1.807, 2.05) is 0 Å². The number of benzene rings is 1. The third-order valence-corrected chi connectivity index (χ3v) is 2.84. The number of hydrogen-bond acceptors (Lipinski definition) is 2. The predicted molar refractivity (Wildman–Crippen MR) is 62.4 cm³/mol. The number of carbonyl (C=O) groups excluding carboxylic acids is 1. The van der Waals surface area contributed by atoms with Gasteiger partial charge in [0.2, 0.25) is 0 Å². The van der Waals surface area contributed by atoms with Crippen molar-refractivity contribution < 1.29 is 9.18 Å². The number of carbonyl (C=O) groups is 1. The maximum atomic E-state index is 13.2. The molecule has 1 aliphatic heterocycles. The summed E-state index contributed by atoms with van der Waals surface area (Å²) in [6.07, 6.45) is 3.81. The van der Waals surface area contributed by atoms with Crippen LogP contribution in [0.3, 0.4) is 0 Å². The molecule has 0 atom stereocenters. The zero-order valence-electron chi connectivity index (χ0n) is 9.24. The minimum Gasteiger partial charge on any atom is -0.367 e. The fraction of sp³-hybridized carbons (Fsp3) is 0.308. The highest BCUT2D eigenvalue weighted by Crippen LogP contribution is 2.21. The van der Waals surface area contributed by atoms with Gasteiger partial charge in [-0.05, 0) is 31.5 Å². The molecule has 0 saturated carbocycles. The van der Waals surface area contributed by atoms with Gasteiger partial charge in [-0.15, -0.1) is 0 Å². The molecule has 0 saturated heterocycles. The van der Waals surface area contributed by atoms with Crippen molar-refractivity contribution in [3.63, 3.8) is 0 Å². The number of rotatable bonds is 2. The molecule has 0 radical (unpaired) electrons. The molecule has 3 heteroatoms. The van der Waals surface area contributed by atoms with E-state index in [1.165, 1.54) is 17.7 Å². The molecule has 2 nitrogen and oxygen atoms in total. The lowest BCUT2D eigenvalue weighted by atomic mass is 10.1. The van der Waals surface area contributed by atoms with Crippen LogP contribution < -0.4 is 4.90 Å². The van der Waals surface area contributed by atoms with Crippen LogP contribution >= 0.6 is 0 Å². The van der Waals surface area contributed by atoms with E-state index < -0.39 is 0 Å². The van der Waals surface area contributed by atoms with Crippen molar-refractivity contribution in [3.05, 3.63) is 41.2 Å². The molecular formula is C13H14FNO. The van der Waals surface area contributed by atoms with Crippen LogP contribution in [0, 0.1) is 5.82 Å². The smallest absolute Gasteiger partial charge is 0.150 e. The normalized spacial score (nSPS) is 15.9. The van der Waals surface area contributed by atoms with Gasteiger partial charge in [0, 0.05) is 24.3 Å². The Bertz CT molecular complexity index is 440. The van der Waals surface area contributed by atoms with E-state index >= 15 is 0 Å². The lowest BCUT2D eigenvalue weighted by molar-refractivity contribution is 0.112. The Morgan fingerprint density at radius 1 is 1.38 bits per heavy atom. The summed E-state index contributed by atoms with van der Waals surface area (Å²) < 4.78 is 13.2. The predicted octanol–water partition coefficient (Wildman–Crippen LogP) is 2.79. The lowest BCUT2D eigenvalue weighted by Gasteiger charge is -2.27. The van der Waals surface area contributed by atoms with Crippen molar-refractivity contribution in [2.75, 3.05) is 18.0 Å². The standard InChI is InChI=1S/C13H14FNO/c1-10-2-4-15(5-3-10)13-7-11(9-16)6-12(14)8-13/h2,6-9H,3-5H2,1H3. The molecular weight excluding hydrogens is 205 g/mol. The van der Waals surface area contributed by atoms with E-state index in [-0.39, 0.29) is 5.82 Å². The van der Waals surface area contributed by atoms with E-state index in [2.05, 4.69) is 17.9 Å². The Morgan fingerprint density at radius 3 is 2.81 bits per heavy atom. The van der Waals surface area contributed by atoms with Crippen molar-refractivity contribution in [1.29, 1.82) is 0 Å². The van der Waals surface area contributed by atoms with Crippen LogP contribution in [-0.2, 0) is 0 Å². The second-order valence-corrected chi connectivity index (χ2v) is 4.11. The van der Waals surface area contributed by atoms with Crippen LogP contribution in [0.15, 0.2) is 29.8 Å². The Balaban J connectivity index is 2.27. The number of anilines is 1. The first kappa shape index (κ1) is 10.9. The quantitative estimate of drug-likeness (QED) is 0.563. The first-order valence-corrected chi connectivity index (χ1v) is 5.35. The van der Waals surface area contributed by atoms with Crippen molar-refractivity contribution in [2.45, 2.75) is 13.3 Å². The summed E-state index contributed by atoms with van der Waals surface area (Å²) in [5.41, 5.74) is 2.54. The summed E-state index contributed by atoms with van der Waals surface area (Å²) in [7, 11) is 0. The topological polar surface area (TPSA) is 20.3 Å². The van der Waals surface area contributed by atoms with E-state index in [4.69, 9.17) is 0 Å². The second-order valence-electron chi connectivity index (χ2n) is 4.11. The summed E-state index contributed by atoms with van der Waals surface area (Å²) >= 11 is 0. The molecule has 0 amide bonds. The van der Waals surface area contributed by atoms with Gasteiger partial charge < -0.3 is 4.90 Å². The molecule has 84 valence electrons. The summed E-state index contributed by atoms with van der Waals surface area (Å²) in [5, 5.41) is 0. The average Bonchev–Trinajstić information content (AvgIpc) is 2.29. The molecule has 0 unspecified atom stereocenters. The molecule has 1 heterocycles. The Morgan fingerprint density at radius 2 is 2.19 bits per heavy atom. The third-order valence-electron chi connectivity index (χ3n) is 2.84. The van der Waals surface area contributed by atoms with E-state index in [9.17, 15) is 9.18 Å². The zero-order chi connectivity index (χ0) is 11.5. The SMILES string of the molecule is CC1=CCN(c2cc(F)cc(C=O)c2)CC1.